The lowest BCUT2D eigenvalue weighted by Crippen LogP contribution is -1.96. The van der Waals surface area contributed by atoms with Crippen LogP contribution < -0.4 is 4.74 Å². The Balaban J connectivity index is 3.01. The number of hydrogen-bond acceptors (Lipinski definition) is 4. The highest BCUT2D eigenvalue weighted by molar-refractivity contribution is 6.68. The fourth-order valence-corrected chi connectivity index (χ4v) is 0.674. The van der Waals surface area contributed by atoms with Gasteiger partial charge in [-0.1, -0.05) is 11.6 Å². The van der Waals surface area contributed by atoms with Crippen LogP contribution in [0.15, 0.2) is 12.4 Å². The lowest BCUT2D eigenvalue weighted by atomic mass is 10.4. The van der Waals surface area contributed by atoms with Gasteiger partial charge in [0, 0.05) is 6.07 Å². The van der Waals surface area contributed by atoms with E-state index in [2.05, 4.69) is 9.97 Å². The van der Waals surface area contributed by atoms with Crippen LogP contribution in [0.1, 0.15) is 5.69 Å². The van der Waals surface area contributed by atoms with E-state index in [1.165, 1.54) is 19.5 Å². The molecule has 0 saturated heterocycles. The Kier molecular flexibility index (Phi) is 2.38. The molecular formula is C6H6ClN3O. The molecular weight excluding hydrogens is 166 g/mol. The average molecular weight is 172 g/mol. The Morgan fingerprint density at radius 2 is 2.36 bits per heavy atom. The van der Waals surface area contributed by atoms with Crippen molar-refractivity contribution in [2.24, 2.45) is 0 Å². The van der Waals surface area contributed by atoms with Crippen LogP contribution in [0.2, 0.25) is 0 Å². The van der Waals surface area contributed by atoms with Crippen molar-refractivity contribution in [2.75, 3.05) is 7.11 Å². The number of rotatable bonds is 2. The predicted octanol–water partition coefficient (Wildman–Crippen LogP) is 1.05. The van der Waals surface area contributed by atoms with Gasteiger partial charge in [-0.25, -0.2) is 9.97 Å². The second-order valence-electron chi connectivity index (χ2n) is 1.76. The standard InChI is InChI=1S/C6H6ClN3O/c1-11-5-2-4(6(7)8)9-3-10-5/h2-3,8H,1H3. The number of aromatic nitrogens is 2. The number of halogens is 1. The quantitative estimate of drug-likeness (QED) is 0.677. The van der Waals surface area contributed by atoms with Crippen molar-refractivity contribution in [1.82, 2.24) is 9.97 Å². The van der Waals surface area contributed by atoms with Gasteiger partial charge < -0.3 is 4.74 Å². The van der Waals surface area contributed by atoms with Gasteiger partial charge in [-0.2, -0.15) is 0 Å². The van der Waals surface area contributed by atoms with Gasteiger partial charge in [0.15, 0.2) is 0 Å². The maximum atomic E-state index is 7.03. The molecule has 0 atom stereocenters. The van der Waals surface area contributed by atoms with Gasteiger partial charge in [0.2, 0.25) is 5.88 Å². The SMILES string of the molecule is COc1cc(C(=N)Cl)ncn1. The topological polar surface area (TPSA) is 58.9 Å². The molecule has 1 aromatic heterocycles. The Labute approximate surface area is 68.7 Å². The molecule has 1 heterocycles. The van der Waals surface area contributed by atoms with E-state index in [1.54, 1.807) is 0 Å². The van der Waals surface area contributed by atoms with Gasteiger partial charge in [0.1, 0.15) is 17.2 Å². The molecule has 0 spiro atoms. The number of methoxy groups -OCH3 is 1. The summed E-state index contributed by atoms with van der Waals surface area (Å²) in [5.41, 5.74) is 0.360. The van der Waals surface area contributed by atoms with E-state index in [0.717, 1.165) is 0 Å². The lowest BCUT2D eigenvalue weighted by Gasteiger charge is -1.98. The van der Waals surface area contributed by atoms with Gasteiger partial charge in [0.05, 0.1) is 7.11 Å². The second kappa shape index (κ2) is 3.30. The van der Waals surface area contributed by atoms with Crippen molar-refractivity contribution in [1.29, 1.82) is 5.41 Å². The van der Waals surface area contributed by atoms with Crippen molar-refractivity contribution >= 4 is 16.8 Å². The van der Waals surface area contributed by atoms with Gasteiger partial charge in [-0.15, -0.1) is 0 Å². The van der Waals surface area contributed by atoms with E-state index in [1.807, 2.05) is 0 Å². The van der Waals surface area contributed by atoms with E-state index in [-0.39, 0.29) is 5.17 Å². The van der Waals surface area contributed by atoms with Crippen molar-refractivity contribution in [3.63, 3.8) is 0 Å². The number of nitrogens with one attached hydrogen (secondary N) is 1. The Morgan fingerprint density at radius 1 is 1.64 bits per heavy atom. The van der Waals surface area contributed by atoms with Crippen molar-refractivity contribution < 1.29 is 4.74 Å². The Bertz CT molecular complexity index is 276. The van der Waals surface area contributed by atoms with E-state index in [4.69, 9.17) is 21.7 Å². The average Bonchev–Trinajstić information content (AvgIpc) is 2.05. The van der Waals surface area contributed by atoms with E-state index in [0.29, 0.717) is 11.6 Å². The molecule has 0 radical (unpaired) electrons. The molecule has 1 N–H and O–H groups in total. The zero-order valence-electron chi connectivity index (χ0n) is 5.84. The molecule has 0 aromatic carbocycles. The Morgan fingerprint density at radius 3 is 2.91 bits per heavy atom. The van der Waals surface area contributed by atoms with Crippen LogP contribution in [0.25, 0.3) is 0 Å². The molecule has 0 bridgehead atoms. The van der Waals surface area contributed by atoms with Crippen LogP contribution in [0.5, 0.6) is 5.88 Å². The summed E-state index contributed by atoms with van der Waals surface area (Å²) in [5.74, 6) is 0.403. The molecule has 0 aliphatic heterocycles. The molecule has 5 heteroatoms. The zero-order valence-corrected chi connectivity index (χ0v) is 6.59. The second-order valence-corrected chi connectivity index (χ2v) is 2.14. The van der Waals surface area contributed by atoms with Crippen LogP contribution in [0.4, 0.5) is 0 Å². The van der Waals surface area contributed by atoms with Crippen LogP contribution in [0, 0.1) is 5.41 Å². The summed E-state index contributed by atoms with van der Waals surface area (Å²) >= 11 is 5.37. The summed E-state index contributed by atoms with van der Waals surface area (Å²) in [7, 11) is 1.49. The number of nitrogens with zero attached hydrogens (tertiary/aromatic N) is 2. The van der Waals surface area contributed by atoms with E-state index in [9.17, 15) is 0 Å². The van der Waals surface area contributed by atoms with Crippen LogP contribution in [-0.2, 0) is 0 Å². The fraction of sp³-hybridized carbons (Fsp3) is 0.167. The van der Waals surface area contributed by atoms with Crippen molar-refractivity contribution in [3.8, 4) is 5.88 Å². The normalized spacial score (nSPS) is 9.27. The smallest absolute Gasteiger partial charge is 0.216 e. The molecule has 0 aliphatic rings. The molecule has 0 saturated carbocycles. The summed E-state index contributed by atoms with van der Waals surface area (Å²) in [6.07, 6.45) is 1.30. The first-order valence-corrected chi connectivity index (χ1v) is 3.22. The van der Waals surface area contributed by atoms with Crippen molar-refractivity contribution in [3.05, 3.63) is 18.1 Å². The zero-order chi connectivity index (χ0) is 8.27. The Hall–Kier alpha value is -1.16. The van der Waals surface area contributed by atoms with Gasteiger partial charge >= 0.3 is 0 Å². The summed E-state index contributed by atoms with van der Waals surface area (Å²) in [5, 5.41) is 6.91. The first kappa shape index (κ1) is 7.94. The largest absolute Gasteiger partial charge is 0.481 e. The molecule has 0 unspecified atom stereocenters. The van der Waals surface area contributed by atoms with E-state index < -0.39 is 0 Å². The third-order valence-electron chi connectivity index (χ3n) is 1.08. The lowest BCUT2D eigenvalue weighted by molar-refractivity contribution is 0.396. The third-order valence-corrected chi connectivity index (χ3v) is 1.27. The molecule has 0 amide bonds. The summed E-state index contributed by atoms with van der Waals surface area (Å²) in [4.78, 5) is 7.49. The van der Waals surface area contributed by atoms with Gasteiger partial charge in [-0.05, 0) is 0 Å². The molecule has 1 aromatic rings. The number of ether oxygens (including phenoxy) is 1. The highest BCUT2D eigenvalue weighted by Crippen LogP contribution is 2.07. The molecule has 0 aliphatic carbocycles. The fourth-order valence-electron chi connectivity index (χ4n) is 0.571. The minimum atomic E-state index is -0.120. The maximum absolute atomic E-state index is 7.03. The molecule has 11 heavy (non-hydrogen) atoms. The molecule has 58 valence electrons. The maximum Gasteiger partial charge on any atom is 0.216 e. The number of hydrogen-bond donors (Lipinski definition) is 1. The highest BCUT2D eigenvalue weighted by Gasteiger charge is 2.00. The predicted molar refractivity (Wildman–Crippen MR) is 41.3 cm³/mol. The highest BCUT2D eigenvalue weighted by atomic mass is 35.5. The summed E-state index contributed by atoms with van der Waals surface area (Å²) in [6.45, 7) is 0. The first-order chi connectivity index (χ1) is 5.24. The van der Waals surface area contributed by atoms with Crippen LogP contribution >= 0.6 is 11.6 Å². The van der Waals surface area contributed by atoms with Gasteiger partial charge in [-0.3, -0.25) is 5.41 Å². The molecule has 0 fully saturated rings. The third kappa shape index (κ3) is 1.88. The van der Waals surface area contributed by atoms with Crippen LogP contribution in [-0.4, -0.2) is 22.2 Å². The van der Waals surface area contributed by atoms with E-state index >= 15 is 0 Å². The minimum Gasteiger partial charge on any atom is -0.481 e. The monoisotopic (exact) mass is 171 g/mol. The minimum absolute atomic E-state index is 0.120. The first-order valence-electron chi connectivity index (χ1n) is 2.84. The van der Waals surface area contributed by atoms with Crippen LogP contribution in [0.3, 0.4) is 0 Å². The van der Waals surface area contributed by atoms with Crippen molar-refractivity contribution in [2.45, 2.75) is 0 Å². The van der Waals surface area contributed by atoms with Gasteiger partial charge in [0.25, 0.3) is 0 Å². The molecule has 4 nitrogen and oxygen atoms in total. The molecule has 1 rings (SSSR count). The summed E-state index contributed by atoms with van der Waals surface area (Å²) in [6, 6.07) is 1.50. The summed E-state index contributed by atoms with van der Waals surface area (Å²) < 4.78 is 4.80.